The van der Waals surface area contributed by atoms with Crippen molar-refractivity contribution in [3.8, 4) is 6.07 Å². The summed E-state index contributed by atoms with van der Waals surface area (Å²) in [6.45, 7) is 5.42. The van der Waals surface area contributed by atoms with Crippen LogP contribution in [0.4, 0.5) is 4.39 Å². The highest BCUT2D eigenvalue weighted by Gasteiger charge is 2.22. The normalized spacial score (nSPS) is 16.4. The van der Waals surface area contributed by atoms with Crippen LogP contribution < -0.4 is 5.32 Å². The second-order valence-electron chi connectivity index (χ2n) is 4.67. The maximum absolute atomic E-state index is 13.6. The fourth-order valence-electron chi connectivity index (χ4n) is 2.35. The molecule has 0 amide bonds. The van der Waals surface area contributed by atoms with E-state index in [9.17, 15) is 4.39 Å². The van der Waals surface area contributed by atoms with Crippen LogP contribution in [-0.2, 0) is 0 Å². The molecule has 20 heavy (non-hydrogen) atoms. The van der Waals surface area contributed by atoms with E-state index in [0.29, 0.717) is 12.0 Å². The van der Waals surface area contributed by atoms with Gasteiger partial charge >= 0.3 is 0 Å². The molecule has 1 aliphatic rings. The Hall–Kier alpha value is -0.860. The third kappa shape index (κ3) is 4.60. The van der Waals surface area contributed by atoms with Gasteiger partial charge in [0.1, 0.15) is 5.82 Å². The highest BCUT2D eigenvalue weighted by atomic mass is 35.5. The Balaban J connectivity index is 0.00000180. The number of piperazine rings is 1. The first-order valence-electron chi connectivity index (χ1n) is 6.30. The molecule has 3 nitrogen and oxygen atoms in total. The summed E-state index contributed by atoms with van der Waals surface area (Å²) in [7, 11) is 0. The molecular weight excluding hydrogens is 300 g/mol. The van der Waals surface area contributed by atoms with Gasteiger partial charge in [-0.1, -0.05) is 12.1 Å². The predicted octanol–water partition coefficient (Wildman–Crippen LogP) is 2.84. The zero-order valence-corrected chi connectivity index (χ0v) is 13.1. The Kier molecular flexibility index (Phi) is 8.75. The molecule has 1 N–H and O–H groups in total. The maximum atomic E-state index is 13.6. The first-order valence-corrected chi connectivity index (χ1v) is 6.30. The fourth-order valence-corrected chi connectivity index (χ4v) is 2.35. The Morgan fingerprint density at radius 2 is 2.00 bits per heavy atom. The van der Waals surface area contributed by atoms with Gasteiger partial charge in [0.2, 0.25) is 0 Å². The Morgan fingerprint density at radius 1 is 1.35 bits per heavy atom. The molecule has 1 heterocycles. The van der Waals surface area contributed by atoms with Gasteiger partial charge in [0.25, 0.3) is 0 Å². The van der Waals surface area contributed by atoms with Crippen LogP contribution in [0.5, 0.6) is 0 Å². The fraction of sp³-hybridized carbons (Fsp3) is 0.500. The van der Waals surface area contributed by atoms with Gasteiger partial charge in [-0.3, -0.25) is 4.90 Å². The molecule has 6 heteroatoms. The van der Waals surface area contributed by atoms with Gasteiger partial charge in [0.05, 0.1) is 12.5 Å². The zero-order valence-electron chi connectivity index (χ0n) is 11.4. The third-order valence-electron chi connectivity index (χ3n) is 3.46. The van der Waals surface area contributed by atoms with Crippen molar-refractivity contribution in [1.82, 2.24) is 10.2 Å². The summed E-state index contributed by atoms with van der Waals surface area (Å²) in [6.07, 6.45) is 0.405. The van der Waals surface area contributed by atoms with Crippen LogP contribution in [0.15, 0.2) is 18.2 Å². The van der Waals surface area contributed by atoms with Crippen molar-refractivity contribution in [2.45, 2.75) is 19.4 Å². The lowest BCUT2D eigenvalue weighted by Gasteiger charge is -2.34. The van der Waals surface area contributed by atoms with Crippen LogP contribution in [-0.4, -0.2) is 31.1 Å². The van der Waals surface area contributed by atoms with Crippen molar-refractivity contribution in [3.05, 3.63) is 35.1 Å². The second-order valence-corrected chi connectivity index (χ2v) is 4.67. The minimum absolute atomic E-state index is 0. The number of nitrogens with one attached hydrogen (secondary N) is 1. The van der Waals surface area contributed by atoms with E-state index < -0.39 is 0 Å². The molecule has 0 radical (unpaired) electrons. The first kappa shape index (κ1) is 19.1. The van der Waals surface area contributed by atoms with E-state index in [1.54, 1.807) is 19.1 Å². The molecule has 0 unspecified atom stereocenters. The molecule has 112 valence electrons. The van der Waals surface area contributed by atoms with E-state index in [1.807, 2.05) is 6.07 Å². The zero-order chi connectivity index (χ0) is 13.0. The lowest BCUT2D eigenvalue weighted by Crippen LogP contribution is -2.45. The van der Waals surface area contributed by atoms with Crippen LogP contribution in [0, 0.1) is 24.1 Å². The number of rotatable bonds is 3. The largest absolute Gasteiger partial charge is 0.314 e. The molecule has 1 saturated heterocycles. The van der Waals surface area contributed by atoms with Crippen molar-refractivity contribution in [2.24, 2.45) is 0 Å². The number of nitriles is 1. The first-order chi connectivity index (χ1) is 8.72. The highest BCUT2D eigenvalue weighted by molar-refractivity contribution is 5.85. The van der Waals surface area contributed by atoms with Gasteiger partial charge in [-0.2, -0.15) is 5.26 Å². The summed E-state index contributed by atoms with van der Waals surface area (Å²) >= 11 is 0. The van der Waals surface area contributed by atoms with E-state index in [2.05, 4.69) is 16.3 Å². The number of hydrogen-bond donors (Lipinski definition) is 1. The van der Waals surface area contributed by atoms with E-state index in [-0.39, 0.29) is 36.7 Å². The molecule has 0 aromatic heterocycles. The molecule has 0 spiro atoms. The van der Waals surface area contributed by atoms with Gasteiger partial charge < -0.3 is 5.32 Å². The molecule has 0 saturated carbocycles. The molecule has 1 atom stereocenters. The molecule has 0 aliphatic carbocycles. The Labute approximate surface area is 132 Å². The quantitative estimate of drug-likeness (QED) is 0.931. The summed E-state index contributed by atoms with van der Waals surface area (Å²) in [5.41, 5.74) is 1.55. The highest BCUT2D eigenvalue weighted by Crippen LogP contribution is 2.25. The van der Waals surface area contributed by atoms with Crippen LogP contribution in [0.3, 0.4) is 0 Å². The average Bonchev–Trinajstić information content (AvgIpc) is 2.40. The molecule has 2 rings (SSSR count). The summed E-state index contributed by atoms with van der Waals surface area (Å²) < 4.78 is 13.6. The minimum Gasteiger partial charge on any atom is -0.314 e. The number of aryl methyl sites for hydroxylation is 1. The predicted molar refractivity (Wildman–Crippen MR) is 83.0 cm³/mol. The second kappa shape index (κ2) is 9.15. The number of nitrogens with zero attached hydrogens (tertiary/aromatic N) is 2. The topological polar surface area (TPSA) is 39.1 Å². The molecule has 1 aliphatic heterocycles. The molecular formula is C14H20Cl2FN3. The van der Waals surface area contributed by atoms with Gasteiger partial charge in [-0.25, -0.2) is 4.39 Å². The minimum atomic E-state index is -0.189. The van der Waals surface area contributed by atoms with Crippen molar-refractivity contribution in [1.29, 1.82) is 5.26 Å². The van der Waals surface area contributed by atoms with E-state index in [4.69, 9.17) is 5.26 Å². The number of benzene rings is 1. The molecule has 1 aromatic rings. The van der Waals surface area contributed by atoms with Gasteiger partial charge in [-0.15, -0.1) is 24.8 Å². The monoisotopic (exact) mass is 319 g/mol. The summed E-state index contributed by atoms with van der Waals surface area (Å²) in [5.74, 6) is -0.189. The molecule has 0 bridgehead atoms. The third-order valence-corrected chi connectivity index (χ3v) is 3.46. The average molecular weight is 320 g/mol. The maximum Gasteiger partial charge on any atom is 0.126 e. The smallest absolute Gasteiger partial charge is 0.126 e. The van der Waals surface area contributed by atoms with Crippen molar-refractivity contribution < 1.29 is 4.39 Å². The van der Waals surface area contributed by atoms with Gasteiger partial charge in [0.15, 0.2) is 0 Å². The van der Waals surface area contributed by atoms with Crippen LogP contribution in [0.1, 0.15) is 23.6 Å². The lowest BCUT2D eigenvalue weighted by molar-refractivity contribution is 0.175. The van der Waals surface area contributed by atoms with Crippen LogP contribution >= 0.6 is 24.8 Å². The Bertz CT molecular complexity index is 456. The summed E-state index contributed by atoms with van der Waals surface area (Å²) in [4.78, 5) is 2.25. The number of halogens is 3. The summed E-state index contributed by atoms with van der Waals surface area (Å²) in [6, 6.07) is 7.51. The summed E-state index contributed by atoms with van der Waals surface area (Å²) in [5, 5.41) is 12.3. The lowest BCUT2D eigenvalue weighted by atomic mass is 10.00. The SMILES string of the molecule is Cc1ccc([C@@H](CC#N)N2CCNCC2)cc1F.Cl.Cl. The van der Waals surface area contributed by atoms with E-state index in [1.165, 1.54) is 0 Å². The van der Waals surface area contributed by atoms with Gasteiger partial charge in [0, 0.05) is 32.2 Å². The van der Waals surface area contributed by atoms with E-state index >= 15 is 0 Å². The van der Waals surface area contributed by atoms with Crippen molar-refractivity contribution >= 4 is 24.8 Å². The van der Waals surface area contributed by atoms with Crippen molar-refractivity contribution in [2.75, 3.05) is 26.2 Å². The van der Waals surface area contributed by atoms with Crippen molar-refractivity contribution in [3.63, 3.8) is 0 Å². The van der Waals surface area contributed by atoms with E-state index in [0.717, 1.165) is 31.7 Å². The number of hydrogen-bond acceptors (Lipinski definition) is 3. The molecule has 1 aromatic carbocycles. The van der Waals surface area contributed by atoms with Crippen LogP contribution in [0.2, 0.25) is 0 Å². The van der Waals surface area contributed by atoms with Crippen LogP contribution in [0.25, 0.3) is 0 Å². The van der Waals surface area contributed by atoms with Gasteiger partial charge in [-0.05, 0) is 24.1 Å². The molecule has 1 fully saturated rings. The standard InChI is InChI=1S/C14H18FN3.2ClH/c1-11-2-3-12(10-13(11)15)14(4-5-16)18-8-6-17-7-9-18;;/h2-3,10,14,17H,4,6-9H2,1H3;2*1H/t14-;;/m1../s1. The Morgan fingerprint density at radius 3 is 2.55 bits per heavy atom.